The Morgan fingerprint density at radius 3 is 2.38 bits per heavy atom. The Morgan fingerprint density at radius 1 is 1.09 bits per heavy atom. The van der Waals surface area contributed by atoms with Crippen molar-refractivity contribution in [2.75, 3.05) is 24.8 Å². The predicted octanol–water partition coefficient (Wildman–Crippen LogP) is 4.51. The van der Waals surface area contributed by atoms with Gasteiger partial charge in [0.05, 0.1) is 5.69 Å². The van der Waals surface area contributed by atoms with Crippen LogP contribution in [0, 0.1) is 11.6 Å². The van der Waals surface area contributed by atoms with Crippen LogP contribution >= 0.6 is 7.14 Å². The van der Waals surface area contributed by atoms with Crippen LogP contribution < -0.4 is 15.5 Å². The average Bonchev–Trinajstić information content (AvgIpc) is 3.02. The number of carbonyl (C=O) groups is 2. The minimum atomic E-state index is -2.74. The maximum atomic E-state index is 15.1. The van der Waals surface area contributed by atoms with E-state index in [1.165, 1.54) is 12.1 Å². The minimum Gasteiger partial charge on any atom is -0.444 e. The summed E-state index contributed by atoms with van der Waals surface area (Å²) in [7, 11) is -2.74. The number of ether oxygens (including phenoxy) is 1. The molecular formula is C23H27F2N2O4P. The SMILES string of the molecule is CC(C)(C)OC(=O)NC1CCN(c2ccc(-c3ccccc3P(C)(C)=O)c(F)c2F)C1=O. The van der Waals surface area contributed by atoms with E-state index in [9.17, 15) is 14.2 Å². The van der Waals surface area contributed by atoms with Crippen LogP contribution in [-0.2, 0) is 14.1 Å². The molecule has 0 saturated carbocycles. The third-order valence-electron chi connectivity index (χ3n) is 5.02. The van der Waals surface area contributed by atoms with Crippen molar-refractivity contribution in [2.45, 2.75) is 38.8 Å². The lowest BCUT2D eigenvalue weighted by Crippen LogP contribution is -2.44. The van der Waals surface area contributed by atoms with Gasteiger partial charge in [0.2, 0.25) is 5.91 Å². The number of carbonyl (C=O) groups excluding carboxylic acids is 2. The van der Waals surface area contributed by atoms with E-state index in [0.717, 1.165) is 4.90 Å². The second-order valence-corrected chi connectivity index (χ2v) is 12.3. The van der Waals surface area contributed by atoms with Gasteiger partial charge in [-0.25, -0.2) is 13.6 Å². The molecule has 2 aromatic carbocycles. The Hall–Kier alpha value is -2.73. The zero-order chi connectivity index (χ0) is 23.8. The van der Waals surface area contributed by atoms with Crippen LogP contribution in [0.1, 0.15) is 27.2 Å². The van der Waals surface area contributed by atoms with Gasteiger partial charge in [0.15, 0.2) is 11.6 Å². The Kier molecular flexibility index (Phi) is 6.47. The predicted molar refractivity (Wildman–Crippen MR) is 121 cm³/mol. The van der Waals surface area contributed by atoms with Gasteiger partial charge in [-0.15, -0.1) is 0 Å². The molecule has 3 rings (SSSR count). The summed E-state index contributed by atoms with van der Waals surface area (Å²) >= 11 is 0. The molecule has 1 unspecified atom stereocenters. The first kappa shape index (κ1) is 23.9. The van der Waals surface area contributed by atoms with Crippen LogP contribution in [0.2, 0.25) is 0 Å². The van der Waals surface area contributed by atoms with Gasteiger partial charge in [-0.05, 0) is 58.2 Å². The van der Waals surface area contributed by atoms with E-state index in [1.54, 1.807) is 58.4 Å². The molecular weight excluding hydrogens is 437 g/mol. The molecule has 1 fully saturated rings. The van der Waals surface area contributed by atoms with E-state index in [0.29, 0.717) is 10.9 Å². The number of rotatable bonds is 4. The highest BCUT2D eigenvalue weighted by molar-refractivity contribution is 7.70. The average molecular weight is 464 g/mol. The topological polar surface area (TPSA) is 75.7 Å². The molecule has 1 atom stereocenters. The smallest absolute Gasteiger partial charge is 0.408 e. The van der Waals surface area contributed by atoms with Crippen molar-refractivity contribution < 1.29 is 27.7 Å². The second kappa shape index (κ2) is 8.66. The second-order valence-electron chi connectivity index (χ2n) is 9.11. The lowest BCUT2D eigenvalue weighted by Gasteiger charge is -2.22. The van der Waals surface area contributed by atoms with Crippen molar-refractivity contribution in [3.8, 4) is 11.1 Å². The summed E-state index contributed by atoms with van der Waals surface area (Å²) in [5, 5.41) is 2.93. The minimum absolute atomic E-state index is 0.0270. The Balaban J connectivity index is 1.88. The normalized spacial score (nSPS) is 16.9. The third-order valence-corrected chi connectivity index (χ3v) is 6.57. The summed E-state index contributed by atoms with van der Waals surface area (Å²) < 4.78 is 47.9. The van der Waals surface area contributed by atoms with Crippen molar-refractivity contribution in [3.63, 3.8) is 0 Å². The molecule has 1 heterocycles. The van der Waals surface area contributed by atoms with Crippen LogP contribution in [-0.4, -0.2) is 43.5 Å². The molecule has 1 N–H and O–H groups in total. The van der Waals surface area contributed by atoms with Crippen molar-refractivity contribution in [3.05, 3.63) is 48.0 Å². The first-order valence-corrected chi connectivity index (χ1v) is 12.8. The van der Waals surface area contributed by atoms with Gasteiger partial charge in [0.25, 0.3) is 0 Å². The van der Waals surface area contributed by atoms with E-state index in [4.69, 9.17) is 4.74 Å². The van der Waals surface area contributed by atoms with Gasteiger partial charge in [0.1, 0.15) is 18.8 Å². The standard InChI is InChI=1S/C23H27F2N2O4P/c1-23(2,3)31-22(29)26-16-12-13-27(21(16)28)17-11-10-15(19(24)20(17)25)14-8-6-7-9-18(14)32(4,5)30/h6-11,16H,12-13H2,1-5H3,(H,26,29). The van der Waals surface area contributed by atoms with Gasteiger partial charge < -0.3 is 19.5 Å². The van der Waals surface area contributed by atoms with Gasteiger partial charge >= 0.3 is 6.09 Å². The van der Waals surface area contributed by atoms with Gasteiger partial charge in [0, 0.05) is 17.4 Å². The number of alkyl carbamates (subject to hydrolysis) is 1. The molecule has 0 aliphatic carbocycles. The molecule has 1 aliphatic rings. The number of nitrogens with zero attached hydrogens (tertiary/aromatic N) is 1. The van der Waals surface area contributed by atoms with E-state index in [1.807, 2.05) is 0 Å². The molecule has 1 saturated heterocycles. The molecule has 9 heteroatoms. The quantitative estimate of drug-likeness (QED) is 0.676. The van der Waals surface area contributed by atoms with Crippen molar-refractivity contribution in [1.29, 1.82) is 0 Å². The number of nitrogens with one attached hydrogen (secondary N) is 1. The molecule has 32 heavy (non-hydrogen) atoms. The van der Waals surface area contributed by atoms with Gasteiger partial charge in [-0.3, -0.25) is 4.79 Å². The molecule has 172 valence electrons. The monoisotopic (exact) mass is 464 g/mol. The summed E-state index contributed by atoms with van der Waals surface area (Å²) in [5.41, 5.74) is -0.617. The largest absolute Gasteiger partial charge is 0.444 e. The van der Waals surface area contributed by atoms with Crippen molar-refractivity contribution in [1.82, 2.24) is 5.32 Å². The van der Waals surface area contributed by atoms with E-state index >= 15 is 8.78 Å². The van der Waals surface area contributed by atoms with Crippen LogP contribution in [0.5, 0.6) is 0 Å². The lowest BCUT2D eigenvalue weighted by molar-refractivity contribution is -0.118. The molecule has 6 nitrogen and oxygen atoms in total. The Labute approximate surface area is 186 Å². The third kappa shape index (κ3) is 5.01. The Morgan fingerprint density at radius 2 is 1.75 bits per heavy atom. The van der Waals surface area contributed by atoms with E-state index in [2.05, 4.69) is 5.32 Å². The van der Waals surface area contributed by atoms with Crippen LogP contribution in [0.4, 0.5) is 19.3 Å². The molecule has 0 aromatic heterocycles. The highest BCUT2D eigenvalue weighted by atomic mass is 31.2. The highest BCUT2D eigenvalue weighted by Gasteiger charge is 2.36. The van der Waals surface area contributed by atoms with Gasteiger partial charge in [-0.2, -0.15) is 0 Å². The van der Waals surface area contributed by atoms with E-state index < -0.39 is 42.4 Å². The first-order chi connectivity index (χ1) is 14.8. The molecule has 0 bridgehead atoms. The maximum absolute atomic E-state index is 15.1. The summed E-state index contributed by atoms with van der Waals surface area (Å²) in [6, 6.07) is 8.41. The molecule has 2 amide bonds. The summed E-state index contributed by atoms with van der Waals surface area (Å²) in [6.45, 7) is 8.34. The maximum Gasteiger partial charge on any atom is 0.408 e. The van der Waals surface area contributed by atoms with Crippen LogP contribution in [0.3, 0.4) is 0 Å². The fourth-order valence-electron chi connectivity index (χ4n) is 3.63. The molecule has 1 aliphatic heterocycles. The number of benzene rings is 2. The van der Waals surface area contributed by atoms with E-state index in [-0.39, 0.29) is 24.2 Å². The fourth-order valence-corrected chi connectivity index (χ4v) is 4.85. The lowest BCUT2D eigenvalue weighted by atomic mass is 10.0. The zero-order valence-corrected chi connectivity index (χ0v) is 19.6. The highest BCUT2D eigenvalue weighted by Crippen LogP contribution is 2.40. The molecule has 2 aromatic rings. The number of hydrogen-bond donors (Lipinski definition) is 1. The van der Waals surface area contributed by atoms with Crippen molar-refractivity contribution >= 4 is 30.1 Å². The summed E-state index contributed by atoms with van der Waals surface area (Å²) in [5.74, 6) is -2.85. The molecule has 0 radical (unpaired) electrons. The number of anilines is 1. The van der Waals surface area contributed by atoms with Crippen LogP contribution in [0.25, 0.3) is 11.1 Å². The summed E-state index contributed by atoms with van der Waals surface area (Å²) in [6.07, 6.45) is -0.515. The van der Waals surface area contributed by atoms with Gasteiger partial charge in [-0.1, -0.05) is 24.3 Å². The number of hydrogen-bond acceptors (Lipinski definition) is 4. The fraction of sp³-hybridized carbons (Fsp3) is 0.391. The number of halogens is 2. The zero-order valence-electron chi connectivity index (χ0n) is 18.7. The van der Waals surface area contributed by atoms with Crippen molar-refractivity contribution in [2.24, 2.45) is 0 Å². The van der Waals surface area contributed by atoms with Crippen LogP contribution in [0.15, 0.2) is 36.4 Å². The number of amides is 2. The summed E-state index contributed by atoms with van der Waals surface area (Å²) in [4.78, 5) is 25.8. The first-order valence-electron chi connectivity index (χ1n) is 10.2. The Bertz CT molecular complexity index is 1110. The molecule has 0 spiro atoms.